The lowest BCUT2D eigenvalue weighted by molar-refractivity contribution is -0.133. The predicted molar refractivity (Wildman–Crippen MR) is 74.5 cm³/mol. The van der Waals surface area contributed by atoms with Crippen LogP contribution in [0.1, 0.15) is 5.56 Å². The van der Waals surface area contributed by atoms with Gasteiger partial charge in [-0.2, -0.15) is 0 Å². The normalized spacial score (nSPS) is 10.7. The molecule has 5 nitrogen and oxygen atoms in total. The smallest absolute Gasteiger partial charge is 0.313 e. The van der Waals surface area contributed by atoms with Crippen LogP contribution in [0.5, 0.6) is 0 Å². The van der Waals surface area contributed by atoms with E-state index in [1.54, 1.807) is 10.6 Å². The molecule has 0 amide bonds. The molecule has 1 N–H and O–H groups in total. The predicted octanol–water partition coefficient (Wildman–Crippen LogP) is 3.06. The Morgan fingerprint density at radius 1 is 1.47 bits per heavy atom. The van der Waals surface area contributed by atoms with Crippen LogP contribution in [0.2, 0.25) is 10.0 Å². The van der Waals surface area contributed by atoms with Crippen LogP contribution in [0.4, 0.5) is 0 Å². The first kappa shape index (κ1) is 14.2. The number of aliphatic carboxylic acids is 1. The maximum absolute atomic E-state index is 10.6. The molecule has 0 radical (unpaired) electrons. The number of thioether (sulfide) groups is 1. The third-order valence-corrected chi connectivity index (χ3v) is 4.05. The molecule has 1 heterocycles. The van der Waals surface area contributed by atoms with E-state index in [1.807, 2.05) is 13.0 Å². The minimum atomic E-state index is -0.930. The van der Waals surface area contributed by atoms with Crippen molar-refractivity contribution in [1.29, 1.82) is 0 Å². The summed E-state index contributed by atoms with van der Waals surface area (Å²) < 4.78 is 1.59. The lowest BCUT2D eigenvalue weighted by Gasteiger charge is -2.11. The van der Waals surface area contributed by atoms with Crippen molar-refractivity contribution >= 4 is 40.9 Å². The van der Waals surface area contributed by atoms with E-state index < -0.39 is 5.97 Å². The van der Waals surface area contributed by atoms with E-state index in [1.165, 1.54) is 6.33 Å². The van der Waals surface area contributed by atoms with Crippen LogP contribution in [0.3, 0.4) is 0 Å². The summed E-state index contributed by atoms with van der Waals surface area (Å²) in [7, 11) is 0. The molecule has 0 unspecified atom stereocenters. The zero-order chi connectivity index (χ0) is 14.0. The van der Waals surface area contributed by atoms with Gasteiger partial charge in [-0.15, -0.1) is 10.2 Å². The molecule has 19 heavy (non-hydrogen) atoms. The Kier molecular flexibility index (Phi) is 4.34. The molecule has 8 heteroatoms. The van der Waals surface area contributed by atoms with E-state index in [0.717, 1.165) is 17.3 Å². The molecule has 0 fully saturated rings. The number of carboxylic acid groups (broad SMARTS) is 1. The molecule has 1 aromatic heterocycles. The second-order valence-corrected chi connectivity index (χ2v) is 5.42. The lowest BCUT2D eigenvalue weighted by atomic mass is 10.2. The molecule has 0 saturated carbocycles. The summed E-state index contributed by atoms with van der Waals surface area (Å²) in [4.78, 5) is 10.6. The Bertz CT molecular complexity index is 630. The van der Waals surface area contributed by atoms with Crippen LogP contribution in [-0.2, 0) is 4.79 Å². The summed E-state index contributed by atoms with van der Waals surface area (Å²) in [5.74, 6) is -1.04. The topological polar surface area (TPSA) is 68.0 Å². The van der Waals surface area contributed by atoms with Crippen LogP contribution >= 0.6 is 35.0 Å². The third kappa shape index (κ3) is 3.02. The largest absolute Gasteiger partial charge is 0.481 e. The van der Waals surface area contributed by atoms with Crippen molar-refractivity contribution in [1.82, 2.24) is 14.8 Å². The van der Waals surface area contributed by atoms with Gasteiger partial charge >= 0.3 is 5.97 Å². The van der Waals surface area contributed by atoms with Crippen LogP contribution < -0.4 is 0 Å². The van der Waals surface area contributed by atoms with Crippen molar-refractivity contribution in [2.45, 2.75) is 12.1 Å². The van der Waals surface area contributed by atoms with Gasteiger partial charge in [-0.25, -0.2) is 0 Å². The van der Waals surface area contributed by atoms with Gasteiger partial charge in [0.2, 0.25) is 0 Å². The molecule has 2 aromatic rings. The minimum absolute atomic E-state index is 0.111. The van der Waals surface area contributed by atoms with Gasteiger partial charge in [0.25, 0.3) is 0 Å². The average Bonchev–Trinajstić information content (AvgIpc) is 2.80. The summed E-state index contributed by atoms with van der Waals surface area (Å²) in [6.07, 6.45) is 1.46. The first-order chi connectivity index (χ1) is 9.00. The van der Waals surface area contributed by atoms with Gasteiger partial charge in [-0.05, 0) is 18.6 Å². The highest BCUT2D eigenvalue weighted by atomic mass is 35.5. The SMILES string of the molecule is Cc1ccc(Cl)c(-n2cnnc2SCC(=O)O)c1Cl. The Morgan fingerprint density at radius 3 is 2.89 bits per heavy atom. The zero-order valence-electron chi connectivity index (χ0n) is 9.80. The van der Waals surface area contributed by atoms with Crippen LogP contribution in [-0.4, -0.2) is 31.6 Å². The van der Waals surface area contributed by atoms with Gasteiger partial charge in [0.1, 0.15) is 6.33 Å². The molecule has 0 bridgehead atoms. The van der Waals surface area contributed by atoms with Crippen molar-refractivity contribution in [3.63, 3.8) is 0 Å². The Hall–Kier alpha value is -1.24. The van der Waals surface area contributed by atoms with Gasteiger partial charge in [0.05, 0.1) is 21.5 Å². The van der Waals surface area contributed by atoms with E-state index in [0.29, 0.717) is 20.9 Å². The molecule has 1 aromatic carbocycles. The molecule has 0 spiro atoms. The lowest BCUT2D eigenvalue weighted by Crippen LogP contribution is -2.02. The Labute approximate surface area is 123 Å². The molecular formula is C11H9Cl2N3O2S. The Balaban J connectivity index is 2.45. The van der Waals surface area contributed by atoms with Crippen LogP contribution in [0.15, 0.2) is 23.6 Å². The summed E-state index contributed by atoms with van der Waals surface area (Å²) >= 11 is 13.4. The summed E-state index contributed by atoms with van der Waals surface area (Å²) in [6.45, 7) is 1.86. The van der Waals surface area contributed by atoms with Gasteiger partial charge < -0.3 is 5.11 Å². The maximum Gasteiger partial charge on any atom is 0.313 e. The van der Waals surface area contributed by atoms with Crippen LogP contribution in [0, 0.1) is 6.92 Å². The highest BCUT2D eigenvalue weighted by molar-refractivity contribution is 7.99. The van der Waals surface area contributed by atoms with Gasteiger partial charge in [0.15, 0.2) is 5.16 Å². The zero-order valence-corrected chi connectivity index (χ0v) is 12.1. The standard InChI is InChI=1S/C11H9Cl2N3O2S/c1-6-2-3-7(12)10(9(6)13)16-5-14-15-11(16)19-4-8(17)18/h2-3,5H,4H2,1H3,(H,17,18). The highest BCUT2D eigenvalue weighted by Gasteiger charge is 2.15. The van der Waals surface area contributed by atoms with Gasteiger partial charge in [0, 0.05) is 0 Å². The fourth-order valence-corrected chi connectivity index (χ4v) is 2.65. The van der Waals surface area contributed by atoms with E-state index in [4.69, 9.17) is 28.3 Å². The quantitative estimate of drug-likeness (QED) is 0.878. The average molecular weight is 318 g/mol. The van der Waals surface area contributed by atoms with Gasteiger partial charge in [-0.3, -0.25) is 9.36 Å². The van der Waals surface area contributed by atoms with E-state index in [9.17, 15) is 4.79 Å². The number of aromatic nitrogens is 3. The molecule has 0 aliphatic heterocycles. The molecule has 0 saturated heterocycles. The first-order valence-electron chi connectivity index (χ1n) is 5.20. The third-order valence-electron chi connectivity index (χ3n) is 2.34. The maximum atomic E-state index is 10.6. The summed E-state index contributed by atoms with van der Waals surface area (Å²) in [5.41, 5.74) is 1.42. The molecule has 100 valence electrons. The fourth-order valence-electron chi connectivity index (χ4n) is 1.47. The van der Waals surface area contributed by atoms with E-state index >= 15 is 0 Å². The van der Waals surface area contributed by atoms with Gasteiger partial charge in [-0.1, -0.05) is 41.0 Å². The number of rotatable bonds is 4. The summed E-state index contributed by atoms with van der Waals surface area (Å²) in [5, 5.41) is 17.7. The molecule has 0 aliphatic carbocycles. The number of hydrogen-bond acceptors (Lipinski definition) is 4. The second-order valence-electron chi connectivity index (χ2n) is 3.69. The summed E-state index contributed by atoms with van der Waals surface area (Å²) in [6, 6.07) is 3.53. The molecule has 0 aliphatic rings. The number of carbonyl (C=O) groups is 1. The van der Waals surface area contributed by atoms with E-state index in [2.05, 4.69) is 10.2 Å². The Morgan fingerprint density at radius 2 is 2.21 bits per heavy atom. The van der Waals surface area contributed by atoms with Crippen LogP contribution in [0.25, 0.3) is 5.69 Å². The molecule has 2 rings (SSSR count). The number of aryl methyl sites for hydroxylation is 1. The van der Waals surface area contributed by atoms with E-state index in [-0.39, 0.29) is 5.75 Å². The fraction of sp³-hybridized carbons (Fsp3) is 0.182. The number of benzene rings is 1. The van der Waals surface area contributed by atoms with Crippen molar-refractivity contribution in [2.24, 2.45) is 0 Å². The van der Waals surface area contributed by atoms with Crippen molar-refractivity contribution < 1.29 is 9.90 Å². The second kappa shape index (κ2) is 5.81. The number of nitrogens with zero attached hydrogens (tertiary/aromatic N) is 3. The first-order valence-corrected chi connectivity index (χ1v) is 6.94. The van der Waals surface area contributed by atoms with Crippen molar-refractivity contribution in [3.8, 4) is 5.69 Å². The number of carboxylic acids is 1. The van der Waals surface area contributed by atoms with Crippen molar-refractivity contribution in [3.05, 3.63) is 34.1 Å². The molecular weight excluding hydrogens is 309 g/mol. The number of halogens is 2. The van der Waals surface area contributed by atoms with Crippen molar-refractivity contribution in [2.75, 3.05) is 5.75 Å². The number of hydrogen-bond donors (Lipinski definition) is 1. The molecule has 0 atom stereocenters. The minimum Gasteiger partial charge on any atom is -0.481 e. The highest BCUT2D eigenvalue weighted by Crippen LogP contribution is 2.33. The monoisotopic (exact) mass is 317 g/mol.